The maximum absolute atomic E-state index is 14.4. The summed E-state index contributed by atoms with van der Waals surface area (Å²) < 4.78 is 18.2. The number of carbonyl (C=O) groups is 1. The van der Waals surface area contributed by atoms with Crippen LogP contribution >= 0.6 is 11.3 Å². The number of benzene rings is 2. The van der Waals surface area contributed by atoms with Crippen LogP contribution < -0.4 is 14.4 Å². The molecule has 2 aromatic carbocycles. The molecule has 0 unspecified atom stereocenters. The van der Waals surface area contributed by atoms with Crippen LogP contribution in [0.3, 0.4) is 0 Å². The van der Waals surface area contributed by atoms with Crippen molar-refractivity contribution in [2.24, 2.45) is 11.8 Å². The molecule has 5 rings (SSSR count). The fraction of sp³-hybridized carbons (Fsp3) is 0.579. The summed E-state index contributed by atoms with van der Waals surface area (Å²) in [5, 5.41) is 2.78. The number of nitrogens with zero attached hydrogens (tertiary/aromatic N) is 2. The van der Waals surface area contributed by atoms with Crippen molar-refractivity contribution in [1.82, 2.24) is 4.98 Å². The highest BCUT2D eigenvalue weighted by molar-refractivity contribution is 7.11. The number of aryl methyl sites for hydroxylation is 1. The van der Waals surface area contributed by atoms with E-state index >= 15 is 0 Å². The predicted octanol–water partition coefficient (Wildman–Crippen LogP) is 9.93. The van der Waals surface area contributed by atoms with Crippen LogP contribution in [0.5, 0.6) is 10.9 Å². The molecule has 2 aliphatic rings. The lowest BCUT2D eigenvalue weighted by atomic mass is 9.78. The maximum atomic E-state index is 14.4. The van der Waals surface area contributed by atoms with E-state index in [0.717, 1.165) is 74.9 Å². The Labute approximate surface area is 282 Å². The van der Waals surface area contributed by atoms with Gasteiger partial charge in [0.25, 0.3) is 5.19 Å². The Morgan fingerprint density at radius 2 is 1.74 bits per heavy atom. The largest absolute Gasteiger partial charge is 0.496 e. The number of hydrogen-bond acceptors (Lipinski definition) is 6. The van der Waals surface area contributed by atoms with Crippen molar-refractivity contribution in [3.8, 4) is 10.9 Å². The summed E-state index contributed by atoms with van der Waals surface area (Å²) in [7, 11) is -0.101. The van der Waals surface area contributed by atoms with Gasteiger partial charge in [0.15, 0.2) is 8.32 Å². The highest BCUT2D eigenvalue weighted by Crippen LogP contribution is 2.41. The molecule has 0 aliphatic heterocycles. The second-order valence-electron chi connectivity index (χ2n) is 15.0. The number of carbonyl (C=O) groups excluding carboxylic acids is 1. The molecule has 0 N–H and O–H groups in total. The van der Waals surface area contributed by atoms with Gasteiger partial charge in [-0.3, -0.25) is 4.79 Å². The van der Waals surface area contributed by atoms with E-state index in [9.17, 15) is 4.79 Å². The minimum atomic E-state index is -1.84. The Bertz CT molecular complexity index is 1420. The van der Waals surface area contributed by atoms with Gasteiger partial charge in [-0.15, -0.1) is 0 Å². The van der Waals surface area contributed by atoms with Crippen LogP contribution in [0.4, 0.5) is 5.69 Å². The number of hydrogen-bond donors (Lipinski definition) is 0. The first-order valence-electron chi connectivity index (χ1n) is 17.2. The van der Waals surface area contributed by atoms with Crippen LogP contribution in [-0.4, -0.2) is 39.0 Å². The third-order valence-corrected chi connectivity index (χ3v) is 15.9. The molecule has 0 spiro atoms. The van der Waals surface area contributed by atoms with E-state index in [-0.39, 0.29) is 23.0 Å². The first kappa shape index (κ1) is 34.6. The molecule has 2 saturated carbocycles. The van der Waals surface area contributed by atoms with Crippen molar-refractivity contribution >= 4 is 31.2 Å². The van der Waals surface area contributed by atoms with Gasteiger partial charge in [0.2, 0.25) is 5.91 Å². The van der Waals surface area contributed by atoms with Crippen LogP contribution in [-0.2, 0) is 15.8 Å². The van der Waals surface area contributed by atoms with Crippen molar-refractivity contribution in [3.63, 3.8) is 0 Å². The topological polar surface area (TPSA) is 60.9 Å². The molecule has 1 amide bonds. The summed E-state index contributed by atoms with van der Waals surface area (Å²) in [5.74, 6) is 2.30. The second kappa shape index (κ2) is 15.0. The van der Waals surface area contributed by atoms with E-state index in [2.05, 4.69) is 93.1 Å². The number of ether oxygens (including phenoxy) is 2. The Kier molecular flexibility index (Phi) is 11.3. The molecule has 3 aromatic rings. The minimum Gasteiger partial charge on any atom is -0.496 e. The standard InChI is InChI=1S/C38H54N2O4SSi/c1-27-23-32(17-20-35(27)42-5)30-13-11-28(12-14-30)25-40(33-10-8-9-29(24-33)26-43-37-39-21-22-45-37)36(41)31-15-18-34(19-16-31)44-46(6,7)38(2,3)4/h8-10,17,20-24,28,30-31,34H,11-16,18-19,25-26H2,1-7H3. The van der Waals surface area contributed by atoms with Gasteiger partial charge in [-0.05, 0) is 123 Å². The first-order chi connectivity index (χ1) is 21.9. The highest BCUT2D eigenvalue weighted by Gasteiger charge is 2.41. The van der Waals surface area contributed by atoms with Crippen LogP contribution in [0.2, 0.25) is 18.1 Å². The summed E-state index contributed by atoms with van der Waals surface area (Å²) in [4.78, 5) is 20.8. The van der Waals surface area contributed by atoms with Crippen LogP contribution in [0.25, 0.3) is 0 Å². The lowest BCUT2D eigenvalue weighted by molar-refractivity contribution is -0.124. The number of rotatable bonds is 11. The SMILES string of the molecule is COc1ccc(C2CCC(CN(C(=O)C3CCC(O[Si](C)(C)C(C)(C)C)CC3)c3cccc(COc4nccs4)c3)CC2)cc1C. The van der Waals surface area contributed by atoms with Crippen molar-refractivity contribution in [3.05, 3.63) is 70.7 Å². The zero-order valence-electron chi connectivity index (χ0n) is 29.0. The van der Waals surface area contributed by atoms with E-state index in [1.807, 2.05) is 5.38 Å². The second-order valence-corrected chi connectivity index (χ2v) is 20.6. The molecular weight excluding hydrogens is 609 g/mol. The smallest absolute Gasteiger partial charge is 0.273 e. The van der Waals surface area contributed by atoms with Gasteiger partial charge in [-0.1, -0.05) is 56.4 Å². The Hall–Kier alpha value is -2.68. The number of anilines is 1. The molecular formula is C38H54N2O4SSi. The fourth-order valence-corrected chi connectivity index (χ4v) is 8.81. The summed E-state index contributed by atoms with van der Waals surface area (Å²) >= 11 is 1.49. The van der Waals surface area contributed by atoms with Gasteiger partial charge >= 0.3 is 0 Å². The number of amides is 1. The molecule has 2 aliphatic carbocycles. The molecule has 0 radical (unpaired) electrons. The van der Waals surface area contributed by atoms with E-state index in [0.29, 0.717) is 23.6 Å². The maximum Gasteiger partial charge on any atom is 0.273 e. The number of methoxy groups -OCH3 is 1. The molecule has 46 heavy (non-hydrogen) atoms. The van der Waals surface area contributed by atoms with Crippen molar-refractivity contribution < 1.29 is 18.7 Å². The van der Waals surface area contributed by atoms with Gasteiger partial charge < -0.3 is 18.8 Å². The van der Waals surface area contributed by atoms with Crippen molar-refractivity contribution in [1.29, 1.82) is 0 Å². The highest BCUT2D eigenvalue weighted by atomic mass is 32.1. The summed E-state index contributed by atoms with van der Waals surface area (Å²) in [6.07, 6.45) is 10.3. The van der Waals surface area contributed by atoms with E-state index < -0.39 is 8.32 Å². The zero-order valence-corrected chi connectivity index (χ0v) is 30.8. The van der Waals surface area contributed by atoms with E-state index in [1.165, 1.54) is 22.5 Å². The average molecular weight is 663 g/mol. The lowest BCUT2D eigenvalue weighted by Gasteiger charge is -2.41. The van der Waals surface area contributed by atoms with Gasteiger partial charge in [-0.2, -0.15) is 0 Å². The summed E-state index contributed by atoms with van der Waals surface area (Å²) in [6, 6.07) is 15.0. The van der Waals surface area contributed by atoms with E-state index in [1.54, 1.807) is 13.3 Å². The average Bonchev–Trinajstić information content (AvgIpc) is 3.56. The molecule has 0 saturated heterocycles. The van der Waals surface area contributed by atoms with Crippen molar-refractivity contribution in [2.75, 3.05) is 18.6 Å². The Balaban J connectivity index is 1.27. The minimum absolute atomic E-state index is 0.0353. The predicted molar refractivity (Wildman–Crippen MR) is 192 cm³/mol. The first-order valence-corrected chi connectivity index (χ1v) is 21.0. The number of aromatic nitrogens is 1. The third kappa shape index (κ3) is 8.61. The quantitative estimate of drug-likeness (QED) is 0.191. The van der Waals surface area contributed by atoms with Crippen LogP contribution in [0.1, 0.15) is 94.7 Å². The molecule has 0 atom stereocenters. The lowest BCUT2D eigenvalue weighted by Crippen LogP contribution is -2.46. The van der Waals surface area contributed by atoms with Gasteiger partial charge in [0.1, 0.15) is 12.4 Å². The van der Waals surface area contributed by atoms with Crippen molar-refractivity contribution in [2.45, 2.75) is 116 Å². The van der Waals surface area contributed by atoms with E-state index in [4.69, 9.17) is 13.9 Å². The monoisotopic (exact) mass is 662 g/mol. The van der Waals surface area contributed by atoms with Gasteiger partial charge in [-0.25, -0.2) is 4.98 Å². The molecule has 6 nitrogen and oxygen atoms in total. The Morgan fingerprint density at radius 1 is 1.00 bits per heavy atom. The zero-order chi connectivity index (χ0) is 32.9. The van der Waals surface area contributed by atoms with Crippen LogP contribution in [0.15, 0.2) is 54.0 Å². The fourth-order valence-electron chi connectivity index (χ4n) is 6.90. The molecule has 2 fully saturated rings. The molecule has 1 heterocycles. The number of thiazole rings is 1. The van der Waals surface area contributed by atoms with Crippen LogP contribution in [0, 0.1) is 18.8 Å². The Morgan fingerprint density at radius 3 is 2.37 bits per heavy atom. The third-order valence-electron chi connectivity index (χ3n) is 10.7. The summed E-state index contributed by atoms with van der Waals surface area (Å²) in [6.45, 7) is 14.9. The van der Waals surface area contributed by atoms with Gasteiger partial charge in [0.05, 0.1) is 7.11 Å². The molecule has 250 valence electrons. The molecule has 1 aromatic heterocycles. The molecule has 8 heteroatoms. The van der Waals surface area contributed by atoms with Gasteiger partial charge in [0, 0.05) is 35.8 Å². The summed E-state index contributed by atoms with van der Waals surface area (Å²) in [5.41, 5.74) is 4.64. The molecule has 0 bridgehead atoms. The normalized spacial score (nSPS) is 22.3.